The summed E-state index contributed by atoms with van der Waals surface area (Å²) in [5, 5.41) is 1.02. The number of halogens is 3. The highest BCUT2D eigenvalue weighted by molar-refractivity contribution is 6.42. The molecule has 1 nitrogen and oxygen atoms in total. The number of hydrogen-bond acceptors (Lipinski definition) is 1. The van der Waals surface area contributed by atoms with Crippen LogP contribution in [0.15, 0.2) is 30.1 Å². The summed E-state index contributed by atoms with van der Waals surface area (Å²) in [4.78, 5) is 10.1. The van der Waals surface area contributed by atoms with Crippen molar-refractivity contribution in [3.05, 3.63) is 45.7 Å². The minimum absolute atomic E-state index is 0.0995. The van der Waals surface area contributed by atoms with Crippen LogP contribution < -0.4 is 0 Å². The van der Waals surface area contributed by atoms with Crippen LogP contribution in [0.1, 0.15) is 17.9 Å². The zero-order valence-electron chi connectivity index (χ0n) is 8.29. The lowest BCUT2D eigenvalue weighted by molar-refractivity contribution is -0.106. The van der Waals surface area contributed by atoms with Gasteiger partial charge in [-0.1, -0.05) is 29.3 Å². The SMILES string of the molecule is O=CC(F)=CC1CC1c1ccc(Cl)c(Cl)c1. The lowest BCUT2D eigenvalue weighted by Crippen LogP contribution is -1.83. The molecule has 0 aliphatic heterocycles. The predicted octanol–water partition coefficient (Wildman–Crippen LogP) is 4.15. The molecule has 1 fully saturated rings. The molecule has 0 spiro atoms. The summed E-state index contributed by atoms with van der Waals surface area (Å²) in [7, 11) is 0. The molecule has 0 radical (unpaired) electrons. The normalized spacial score (nSPS) is 24.3. The summed E-state index contributed by atoms with van der Waals surface area (Å²) in [6.07, 6.45) is 2.43. The molecule has 1 aliphatic carbocycles. The van der Waals surface area contributed by atoms with Gasteiger partial charge in [0.25, 0.3) is 0 Å². The first-order valence-electron chi connectivity index (χ1n) is 4.89. The van der Waals surface area contributed by atoms with Gasteiger partial charge in [-0.3, -0.25) is 4.79 Å². The first kappa shape index (κ1) is 11.6. The fourth-order valence-electron chi connectivity index (χ4n) is 1.77. The fraction of sp³-hybridized carbons (Fsp3) is 0.250. The van der Waals surface area contributed by atoms with Gasteiger partial charge in [0.15, 0.2) is 12.1 Å². The van der Waals surface area contributed by atoms with Gasteiger partial charge in [0, 0.05) is 0 Å². The van der Waals surface area contributed by atoms with E-state index in [1.165, 1.54) is 6.08 Å². The highest BCUT2D eigenvalue weighted by Gasteiger charge is 2.37. The van der Waals surface area contributed by atoms with Crippen molar-refractivity contribution < 1.29 is 9.18 Å². The Kier molecular flexibility index (Phi) is 3.31. The molecular weight excluding hydrogens is 250 g/mol. The second-order valence-corrected chi connectivity index (χ2v) is 4.66. The number of hydrogen-bond donors (Lipinski definition) is 0. The maximum Gasteiger partial charge on any atom is 0.178 e. The summed E-state index contributed by atoms with van der Waals surface area (Å²) >= 11 is 11.7. The summed E-state index contributed by atoms with van der Waals surface area (Å²) in [5.74, 6) is -0.351. The van der Waals surface area contributed by atoms with Gasteiger partial charge >= 0.3 is 0 Å². The van der Waals surface area contributed by atoms with Crippen molar-refractivity contribution in [3.63, 3.8) is 0 Å². The molecule has 0 heterocycles. The van der Waals surface area contributed by atoms with E-state index in [1.54, 1.807) is 12.1 Å². The van der Waals surface area contributed by atoms with Crippen molar-refractivity contribution in [3.8, 4) is 0 Å². The largest absolute Gasteiger partial charge is 0.295 e. The average Bonchev–Trinajstić information content (AvgIpc) is 3.01. The van der Waals surface area contributed by atoms with Gasteiger partial charge in [-0.15, -0.1) is 0 Å². The van der Waals surface area contributed by atoms with Crippen molar-refractivity contribution in [2.24, 2.45) is 5.92 Å². The lowest BCUT2D eigenvalue weighted by Gasteiger charge is -2.00. The summed E-state index contributed by atoms with van der Waals surface area (Å²) in [6.45, 7) is 0. The van der Waals surface area contributed by atoms with Gasteiger partial charge < -0.3 is 0 Å². The third-order valence-corrected chi connectivity index (χ3v) is 3.44. The molecule has 2 rings (SSSR count). The first-order chi connectivity index (χ1) is 7.61. The maximum absolute atomic E-state index is 12.7. The second kappa shape index (κ2) is 4.56. The number of carbonyl (C=O) groups is 1. The van der Waals surface area contributed by atoms with E-state index in [2.05, 4.69) is 0 Å². The molecule has 4 heteroatoms. The molecule has 2 unspecified atom stereocenters. The second-order valence-electron chi connectivity index (χ2n) is 3.85. The highest BCUT2D eigenvalue weighted by Crippen LogP contribution is 2.49. The Labute approximate surface area is 103 Å². The number of aldehydes is 1. The molecule has 0 amide bonds. The molecule has 0 saturated heterocycles. The zero-order valence-corrected chi connectivity index (χ0v) is 9.80. The van der Waals surface area contributed by atoms with E-state index < -0.39 is 5.83 Å². The third-order valence-electron chi connectivity index (χ3n) is 2.70. The van der Waals surface area contributed by atoms with E-state index in [0.29, 0.717) is 10.0 Å². The Morgan fingerprint density at radius 1 is 1.38 bits per heavy atom. The van der Waals surface area contributed by atoms with Gasteiger partial charge in [0.2, 0.25) is 0 Å². The Bertz CT molecular complexity index is 456. The molecule has 1 aromatic carbocycles. The van der Waals surface area contributed by atoms with Crippen LogP contribution in [0.4, 0.5) is 4.39 Å². The molecule has 1 aromatic rings. The number of benzene rings is 1. The van der Waals surface area contributed by atoms with Crippen molar-refractivity contribution in [1.82, 2.24) is 0 Å². The van der Waals surface area contributed by atoms with E-state index in [9.17, 15) is 9.18 Å². The van der Waals surface area contributed by atoms with Crippen LogP contribution in [0.25, 0.3) is 0 Å². The van der Waals surface area contributed by atoms with Crippen molar-refractivity contribution >= 4 is 29.5 Å². The van der Waals surface area contributed by atoms with Crippen LogP contribution in [-0.4, -0.2) is 6.29 Å². The quantitative estimate of drug-likeness (QED) is 0.588. The molecule has 2 atom stereocenters. The Hall–Kier alpha value is -0.860. The third kappa shape index (κ3) is 2.45. The molecule has 0 aromatic heterocycles. The molecule has 16 heavy (non-hydrogen) atoms. The molecule has 0 N–H and O–H groups in total. The van der Waals surface area contributed by atoms with E-state index in [4.69, 9.17) is 23.2 Å². The summed E-state index contributed by atoms with van der Waals surface area (Å²) < 4.78 is 12.7. The smallest absolute Gasteiger partial charge is 0.178 e. The lowest BCUT2D eigenvalue weighted by atomic mass is 10.1. The van der Waals surface area contributed by atoms with Crippen molar-refractivity contribution in [2.45, 2.75) is 12.3 Å². The van der Waals surface area contributed by atoms with Gasteiger partial charge in [-0.25, -0.2) is 4.39 Å². The predicted molar refractivity (Wildman–Crippen MR) is 62.6 cm³/mol. The average molecular weight is 259 g/mol. The van der Waals surface area contributed by atoms with E-state index in [0.717, 1.165) is 12.0 Å². The Morgan fingerprint density at radius 2 is 2.12 bits per heavy atom. The van der Waals surface area contributed by atoms with Crippen LogP contribution in [-0.2, 0) is 4.79 Å². The molecule has 0 bridgehead atoms. The van der Waals surface area contributed by atoms with E-state index in [1.807, 2.05) is 6.07 Å². The highest BCUT2D eigenvalue weighted by atomic mass is 35.5. The topological polar surface area (TPSA) is 17.1 Å². The fourth-order valence-corrected chi connectivity index (χ4v) is 2.08. The number of carbonyl (C=O) groups excluding carboxylic acids is 1. The van der Waals surface area contributed by atoms with Crippen LogP contribution in [0.2, 0.25) is 10.0 Å². The van der Waals surface area contributed by atoms with Crippen LogP contribution in [0, 0.1) is 5.92 Å². The van der Waals surface area contributed by atoms with Crippen molar-refractivity contribution in [2.75, 3.05) is 0 Å². The van der Waals surface area contributed by atoms with Crippen LogP contribution in [0.3, 0.4) is 0 Å². The van der Waals surface area contributed by atoms with Gasteiger partial charge in [0.1, 0.15) is 0 Å². The number of allylic oxidation sites excluding steroid dienone is 2. The standard InChI is InChI=1S/C12H9Cl2FO/c13-11-2-1-7(5-12(11)14)10-4-8(10)3-9(15)6-16/h1-3,5-6,8,10H,4H2. The summed E-state index contributed by atoms with van der Waals surface area (Å²) in [5.41, 5.74) is 1.04. The molecule has 1 saturated carbocycles. The monoisotopic (exact) mass is 258 g/mol. The first-order valence-corrected chi connectivity index (χ1v) is 5.65. The summed E-state index contributed by atoms with van der Waals surface area (Å²) in [6, 6.07) is 5.40. The minimum Gasteiger partial charge on any atom is -0.295 e. The minimum atomic E-state index is -0.701. The van der Waals surface area contributed by atoms with Gasteiger partial charge in [-0.2, -0.15) is 0 Å². The number of rotatable bonds is 3. The molecule has 1 aliphatic rings. The van der Waals surface area contributed by atoms with Gasteiger partial charge in [-0.05, 0) is 42.0 Å². The van der Waals surface area contributed by atoms with Gasteiger partial charge in [0.05, 0.1) is 10.0 Å². The maximum atomic E-state index is 12.7. The molecule has 84 valence electrons. The molecular formula is C12H9Cl2FO. The van der Waals surface area contributed by atoms with E-state index >= 15 is 0 Å². The Morgan fingerprint density at radius 3 is 2.75 bits per heavy atom. The van der Waals surface area contributed by atoms with Crippen LogP contribution >= 0.6 is 23.2 Å². The Balaban J connectivity index is 2.11. The van der Waals surface area contributed by atoms with Crippen molar-refractivity contribution in [1.29, 1.82) is 0 Å². The van der Waals surface area contributed by atoms with E-state index in [-0.39, 0.29) is 18.1 Å². The zero-order chi connectivity index (χ0) is 11.7. The van der Waals surface area contributed by atoms with Crippen LogP contribution in [0.5, 0.6) is 0 Å².